The molecule has 0 heterocycles. The van der Waals surface area contributed by atoms with Crippen LogP contribution in [0.2, 0.25) is 0 Å². The fourth-order valence-electron chi connectivity index (χ4n) is 1.43. The number of hydrogen-bond acceptors (Lipinski definition) is 3. The first kappa shape index (κ1) is 15.2. The number of benzene rings is 1. The van der Waals surface area contributed by atoms with Gasteiger partial charge in [0.15, 0.2) is 0 Å². The van der Waals surface area contributed by atoms with Gasteiger partial charge in [0.2, 0.25) is 0 Å². The third kappa shape index (κ3) is 3.83. The van der Waals surface area contributed by atoms with E-state index in [1.165, 1.54) is 6.08 Å². The summed E-state index contributed by atoms with van der Waals surface area (Å²) in [5, 5.41) is 28.5. The SMILES string of the molecule is C[C@@H](/C=C/C(=O)O)[C@@H](O)c1cc(Br)cc(Br)c1O. The molecule has 98 valence electrons. The van der Waals surface area contributed by atoms with Crippen molar-refractivity contribution in [1.29, 1.82) is 0 Å². The lowest BCUT2D eigenvalue weighted by Crippen LogP contribution is -2.08. The normalized spacial score (nSPS) is 14.7. The molecule has 2 atom stereocenters. The van der Waals surface area contributed by atoms with Gasteiger partial charge in [-0.1, -0.05) is 28.9 Å². The van der Waals surface area contributed by atoms with E-state index in [2.05, 4.69) is 31.9 Å². The van der Waals surface area contributed by atoms with E-state index in [-0.39, 0.29) is 5.75 Å². The van der Waals surface area contributed by atoms with E-state index in [1.54, 1.807) is 19.1 Å². The minimum absolute atomic E-state index is 0.0544. The van der Waals surface area contributed by atoms with Crippen LogP contribution in [0.3, 0.4) is 0 Å². The Balaban J connectivity index is 3.03. The highest BCUT2D eigenvalue weighted by Crippen LogP contribution is 2.37. The fraction of sp³-hybridized carbons (Fsp3) is 0.250. The predicted octanol–water partition coefficient (Wildman–Crippen LogP) is 3.23. The van der Waals surface area contributed by atoms with Crippen LogP contribution in [0.5, 0.6) is 5.75 Å². The van der Waals surface area contributed by atoms with Gasteiger partial charge in [0, 0.05) is 22.0 Å². The maximum atomic E-state index is 10.4. The van der Waals surface area contributed by atoms with Crippen molar-refractivity contribution in [2.24, 2.45) is 5.92 Å². The Morgan fingerprint density at radius 3 is 2.56 bits per heavy atom. The Bertz CT molecular complexity index is 485. The van der Waals surface area contributed by atoms with Gasteiger partial charge in [0.05, 0.1) is 10.6 Å². The summed E-state index contributed by atoms with van der Waals surface area (Å²) in [4.78, 5) is 10.4. The van der Waals surface area contributed by atoms with Crippen LogP contribution in [0, 0.1) is 5.92 Å². The number of carboxylic acid groups (broad SMARTS) is 1. The van der Waals surface area contributed by atoms with E-state index in [1.807, 2.05) is 0 Å². The van der Waals surface area contributed by atoms with Crippen LogP contribution in [-0.2, 0) is 4.79 Å². The molecule has 6 heteroatoms. The first-order chi connectivity index (χ1) is 8.32. The number of rotatable bonds is 4. The Kier molecular flexibility index (Phi) is 5.37. The highest BCUT2D eigenvalue weighted by Gasteiger charge is 2.20. The molecule has 1 aromatic rings. The van der Waals surface area contributed by atoms with Crippen LogP contribution in [0.25, 0.3) is 0 Å². The zero-order valence-electron chi connectivity index (χ0n) is 9.47. The van der Waals surface area contributed by atoms with Gasteiger partial charge in [-0.2, -0.15) is 0 Å². The monoisotopic (exact) mass is 378 g/mol. The molecule has 0 radical (unpaired) electrons. The van der Waals surface area contributed by atoms with E-state index in [0.717, 1.165) is 6.08 Å². The standard InChI is InChI=1S/C12H12Br2O4/c1-6(2-3-10(15)16)11(17)8-4-7(13)5-9(14)12(8)18/h2-6,11,17-18H,1H3,(H,15,16)/b3-2+/t6-,11+/m0/s1. The van der Waals surface area contributed by atoms with Gasteiger partial charge in [-0.3, -0.25) is 0 Å². The number of hydrogen-bond donors (Lipinski definition) is 3. The van der Waals surface area contributed by atoms with E-state index < -0.39 is 18.0 Å². The zero-order valence-corrected chi connectivity index (χ0v) is 12.6. The summed E-state index contributed by atoms with van der Waals surface area (Å²) >= 11 is 6.44. The zero-order chi connectivity index (χ0) is 13.9. The maximum Gasteiger partial charge on any atom is 0.327 e. The van der Waals surface area contributed by atoms with Crippen LogP contribution >= 0.6 is 31.9 Å². The molecule has 0 aliphatic heterocycles. The van der Waals surface area contributed by atoms with Crippen molar-refractivity contribution in [3.05, 3.63) is 38.8 Å². The molecule has 0 aliphatic carbocycles. The number of aromatic hydroxyl groups is 1. The molecule has 0 amide bonds. The molecular formula is C12H12Br2O4. The topological polar surface area (TPSA) is 77.8 Å². The first-order valence-electron chi connectivity index (χ1n) is 5.10. The molecule has 1 rings (SSSR count). The number of carboxylic acids is 1. The fourth-order valence-corrected chi connectivity index (χ4v) is 2.69. The maximum absolute atomic E-state index is 10.4. The smallest absolute Gasteiger partial charge is 0.327 e. The van der Waals surface area contributed by atoms with Crippen molar-refractivity contribution in [1.82, 2.24) is 0 Å². The summed E-state index contributed by atoms with van der Waals surface area (Å²) in [5.74, 6) is -1.57. The molecule has 4 nitrogen and oxygen atoms in total. The average molecular weight is 380 g/mol. The highest BCUT2D eigenvalue weighted by molar-refractivity contribution is 9.11. The first-order valence-corrected chi connectivity index (χ1v) is 6.68. The molecule has 0 saturated heterocycles. The molecule has 0 aliphatic rings. The third-order valence-electron chi connectivity index (χ3n) is 2.42. The number of aliphatic hydroxyl groups is 1. The van der Waals surface area contributed by atoms with Crippen molar-refractivity contribution in [2.45, 2.75) is 13.0 Å². The van der Waals surface area contributed by atoms with Gasteiger partial charge < -0.3 is 15.3 Å². The summed E-state index contributed by atoms with van der Waals surface area (Å²) in [5.41, 5.74) is 0.332. The van der Waals surface area contributed by atoms with Gasteiger partial charge in [0.1, 0.15) is 5.75 Å². The molecular weight excluding hydrogens is 368 g/mol. The van der Waals surface area contributed by atoms with Crippen molar-refractivity contribution in [3.8, 4) is 5.75 Å². The lowest BCUT2D eigenvalue weighted by molar-refractivity contribution is -0.131. The molecule has 1 aromatic carbocycles. The number of phenolic OH excluding ortho intramolecular Hbond substituents is 1. The molecule has 0 bridgehead atoms. The van der Waals surface area contributed by atoms with E-state index in [0.29, 0.717) is 14.5 Å². The van der Waals surface area contributed by atoms with Gasteiger partial charge in [-0.15, -0.1) is 0 Å². The van der Waals surface area contributed by atoms with Gasteiger partial charge in [0.25, 0.3) is 0 Å². The van der Waals surface area contributed by atoms with E-state index in [4.69, 9.17) is 5.11 Å². The number of aliphatic carboxylic acids is 1. The second kappa shape index (κ2) is 6.36. The minimum atomic E-state index is -1.08. The number of aliphatic hydroxyl groups excluding tert-OH is 1. The molecule has 0 saturated carbocycles. The summed E-state index contributed by atoms with van der Waals surface area (Å²) < 4.78 is 1.16. The highest BCUT2D eigenvalue weighted by atomic mass is 79.9. The van der Waals surface area contributed by atoms with Gasteiger partial charge in [-0.25, -0.2) is 4.79 Å². The lowest BCUT2D eigenvalue weighted by atomic mass is 9.96. The molecule has 3 N–H and O–H groups in total. The number of phenols is 1. The molecule has 0 unspecified atom stereocenters. The molecule has 0 fully saturated rings. The second-order valence-electron chi connectivity index (χ2n) is 3.83. The molecule has 0 aromatic heterocycles. The van der Waals surface area contributed by atoms with Crippen molar-refractivity contribution < 1.29 is 20.1 Å². The van der Waals surface area contributed by atoms with Gasteiger partial charge >= 0.3 is 5.97 Å². The third-order valence-corrected chi connectivity index (χ3v) is 3.48. The summed E-state index contributed by atoms with van der Waals surface area (Å²) in [6.07, 6.45) is 1.36. The van der Waals surface area contributed by atoms with Crippen LogP contribution < -0.4 is 0 Å². The number of carbonyl (C=O) groups is 1. The van der Waals surface area contributed by atoms with Crippen molar-refractivity contribution >= 4 is 37.8 Å². The summed E-state index contributed by atoms with van der Waals surface area (Å²) in [6, 6.07) is 3.25. The lowest BCUT2D eigenvalue weighted by Gasteiger charge is -2.18. The van der Waals surface area contributed by atoms with E-state index >= 15 is 0 Å². The van der Waals surface area contributed by atoms with Gasteiger partial charge in [-0.05, 0) is 28.1 Å². The Hall–Kier alpha value is -0.850. The second-order valence-corrected chi connectivity index (χ2v) is 5.60. The Morgan fingerprint density at radius 2 is 2.00 bits per heavy atom. The quantitative estimate of drug-likeness (QED) is 0.702. The summed E-state index contributed by atoms with van der Waals surface area (Å²) in [7, 11) is 0. The molecule has 18 heavy (non-hydrogen) atoms. The van der Waals surface area contributed by atoms with Crippen LogP contribution in [-0.4, -0.2) is 21.3 Å². The minimum Gasteiger partial charge on any atom is -0.506 e. The van der Waals surface area contributed by atoms with Crippen molar-refractivity contribution in [2.75, 3.05) is 0 Å². The largest absolute Gasteiger partial charge is 0.506 e. The average Bonchev–Trinajstić information content (AvgIpc) is 2.29. The Labute approximate surface area is 121 Å². The predicted molar refractivity (Wildman–Crippen MR) is 74.4 cm³/mol. The molecule has 0 spiro atoms. The van der Waals surface area contributed by atoms with Crippen LogP contribution in [0.1, 0.15) is 18.6 Å². The van der Waals surface area contributed by atoms with Crippen molar-refractivity contribution in [3.63, 3.8) is 0 Å². The van der Waals surface area contributed by atoms with Crippen LogP contribution in [0.15, 0.2) is 33.2 Å². The summed E-state index contributed by atoms with van der Waals surface area (Å²) in [6.45, 7) is 1.67. The van der Waals surface area contributed by atoms with E-state index in [9.17, 15) is 15.0 Å². The number of halogens is 2. The van der Waals surface area contributed by atoms with Crippen LogP contribution in [0.4, 0.5) is 0 Å². The Morgan fingerprint density at radius 1 is 1.39 bits per heavy atom.